The van der Waals surface area contributed by atoms with Crippen molar-refractivity contribution in [2.24, 2.45) is 0 Å². The summed E-state index contributed by atoms with van der Waals surface area (Å²) in [5, 5.41) is 3.18. The van der Waals surface area contributed by atoms with Crippen LogP contribution < -0.4 is 14.8 Å². The molecule has 1 aliphatic carbocycles. The van der Waals surface area contributed by atoms with E-state index in [1.165, 1.54) is 31.6 Å². The van der Waals surface area contributed by atoms with Gasteiger partial charge in [0.15, 0.2) is 11.5 Å². The number of methoxy groups -OCH3 is 2. The fourth-order valence-corrected chi connectivity index (χ4v) is 4.97. The zero-order valence-corrected chi connectivity index (χ0v) is 18.7. The van der Waals surface area contributed by atoms with Crippen molar-refractivity contribution in [3.05, 3.63) is 58.9 Å². The largest absolute Gasteiger partial charge is 0.493 e. The lowest BCUT2D eigenvalue weighted by atomic mass is 9.78. The molecule has 2 aromatic carbocycles. The highest BCUT2D eigenvalue weighted by atomic mass is 19.1. The molecule has 0 saturated heterocycles. The number of likely N-dealkylation sites (N-methyl/N-ethyl adjacent to an activating group) is 1. The fourth-order valence-electron chi connectivity index (χ4n) is 4.97. The summed E-state index contributed by atoms with van der Waals surface area (Å²) in [6, 6.07) is 8.90. The van der Waals surface area contributed by atoms with E-state index in [-0.39, 0.29) is 17.9 Å². The molecule has 0 spiro atoms. The molecule has 1 aliphatic heterocycles. The van der Waals surface area contributed by atoms with Crippen LogP contribution in [0.15, 0.2) is 36.4 Å². The van der Waals surface area contributed by atoms with E-state index in [9.17, 15) is 14.0 Å². The number of amides is 2. The Balaban J connectivity index is 1.85. The number of benzene rings is 2. The van der Waals surface area contributed by atoms with E-state index >= 15 is 0 Å². The summed E-state index contributed by atoms with van der Waals surface area (Å²) in [7, 11) is 4.61. The molecule has 6 nitrogen and oxygen atoms in total. The molecule has 1 fully saturated rings. The maximum absolute atomic E-state index is 14.9. The lowest BCUT2D eigenvalue weighted by Gasteiger charge is -2.40. The maximum atomic E-state index is 14.9. The minimum atomic E-state index is -0.786. The van der Waals surface area contributed by atoms with Crippen LogP contribution >= 0.6 is 0 Å². The van der Waals surface area contributed by atoms with Crippen molar-refractivity contribution < 1.29 is 23.5 Å². The number of rotatable bonds is 5. The van der Waals surface area contributed by atoms with Crippen molar-refractivity contribution in [3.8, 4) is 11.5 Å². The number of carbonyl (C=O) groups is 2. The molecule has 32 heavy (non-hydrogen) atoms. The number of nitrogens with one attached hydrogen (secondary N) is 1. The number of nitrogens with zero attached hydrogens (tertiary/aromatic N) is 1. The summed E-state index contributed by atoms with van der Waals surface area (Å²) in [5.74, 6) is -0.910. The van der Waals surface area contributed by atoms with Gasteiger partial charge < -0.3 is 19.7 Å². The van der Waals surface area contributed by atoms with Gasteiger partial charge in [0, 0.05) is 24.2 Å². The Kier molecular flexibility index (Phi) is 6.35. The summed E-state index contributed by atoms with van der Waals surface area (Å²) in [6.07, 6.45) is 5.18. The number of hydrogen-bond donors (Lipinski definition) is 1. The summed E-state index contributed by atoms with van der Waals surface area (Å²) in [6.45, 7) is 0. The summed E-state index contributed by atoms with van der Waals surface area (Å²) >= 11 is 0. The highest BCUT2D eigenvalue weighted by molar-refractivity contribution is 6.02. The van der Waals surface area contributed by atoms with E-state index in [1.807, 2.05) is 0 Å². The molecule has 0 aromatic heterocycles. The lowest BCUT2D eigenvalue weighted by Crippen LogP contribution is -2.48. The van der Waals surface area contributed by atoms with Gasteiger partial charge >= 0.3 is 0 Å². The second kappa shape index (κ2) is 9.18. The van der Waals surface area contributed by atoms with Gasteiger partial charge in [0.1, 0.15) is 5.82 Å². The molecule has 0 radical (unpaired) electrons. The smallest absolute Gasteiger partial charge is 0.254 e. The van der Waals surface area contributed by atoms with Crippen molar-refractivity contribution in [2.45, 2.75) is 50.1 Å². The Labute approximate surface area is 187 Å². The van der Waals surface area contributed by atoms with Gasteiger partial charge in [-0.25, -0.2) is 4.39 Å². The molecule has 1 N–H and O–H groups in total. The van der Waals surface area contributed by atoms with Crippen LogP contribution in [0.5, 0.6) is 11.5 Å². The van der Waals surface area contributed by atoms with Gasteiger partial charge in [-0.1, -0.05) is 37.5 Å². The van der Waals surface area contributed by atoms with Gasteiger partial charge in [-0.2, -0.15) is 0 Å². The van der Waals surface area contributed by atoms with Gasteiger partial charge in [-0.15, -0.1) is 0 Å². The normalized spacial score (nSPS) is 21.1. The van der Waals surface area contributed by atoms with Crippen molar-refractivity contribution in [2.75, 3.05) is 21.3 Å². The molecular formula is C25H29FN2O4. The Bertz CT molecular complexity index is 1020. The average Bonchev–Trinajstić information content (AvgIpc) is 2.81. The molecule has 0 bridgehead atoms. The van der Waals surface area contributed by atoms with E-state index < -0.39 is 17.8 Å². The molecule has 170 valence electrons. The zero-order chi connectivity index (χ0) is 22.8. The first kappa shape index (κ1) is 22.1. The zero-order valence-electron chi connectivity index (χ0n) is 18.7. The van der Waals surface area contributed by atoms with Crippen LogP contribution in [0.1, 0.15) is 65.5 Å². The highest BCUT2D eigenvalue weighted by Crippen LogP contribution is 2.46. The van der Waals surface area contributed by atoms with Gasteiger partial charge in [-0.3, -0.25) is 9.59 Å². The Hall–Kier alpha value is -3.09. The van der Waals surface area contributed by atoms with E-state index in [2.05, 4.69) is 5.32 Å². The summed E-state index contributed by atoms with van der Waals surface area (Å²) in [4.78, 5) is 28.5. The van der Waals surface area contributed by atoms with Crippen molar-refractivity contribution >= 4 is 11.8 Å². The first-order valence-corrected chi connectivity index (χ1v) is 11.0. The minimum absolute atomic E-state index is 0.0871. The van der Waals surface area contributed by atoms with E-state index in [0.29, 0.717) is 28.2 Å². The average molecular weight is 441 g/mol. The van der Waals surface area contributed by atoms with Crippen LogP contribution in [0.3, 0.4) is 0 Å². The lowest BCUT2D eigenvalue weighted by molar-refractivity contribution is -0.125. The van der Waals surface area contributed by atoms with Gasteiger partial charge in [0.2, 0.25) is 5.91 Å². The third-order valence-corrected chi connectivity index (χ3v) is 6.63. The molecule has 2 atom stereocenters. The predicted octanol–water partition coefficient (Wildman–Crippen LogP) is 4.20. The molecule has 0 unspecified atom stereocenters. The molecule has 4 rings (SSSR count). The number of halogens is 1. The van der Waals surface area contributed by atoms with Crippen molar-refractivity contribution in [3.63, 3.8) is 0 Å². The Morgan fingerprint density at radius 3 is 2.34 bits per heavy atom. The number of carbonyl (C=O) groups excluding carboxylic acids is 2. The predicted molar refractivity (Wildman–Crippen MR) is 119 cm³/mol. The monoisotopic (exact) mass is 440 g/mol. The Morgan fingerprint density at radius 2 is 1.69 bits per heavy atom. The third kappa shape index (κ3) is 3.92. The van der Waals surface area contributed by atoms with E-state index in [4.69, 9.17) is 9.47 Å². The van der Waals surface area contributed by atoms with Crippen LogP contribution in [-0.4, -0.2) is 44.0 Å². The molecule has 1 heterocycles. The first-order chi connectivity index (χ1) is 15.5. The number of fused-ring (bicyclic) bond motifs is 1. The third-order valence-electron chi connectivity index (χ3n) is 6.63. The van der Waals surface area contributed by atoms with Gasteiger partial charge in [-0.05, 0) is 36.6 Å². The minimum Gasteiger partial charge on any atom is -0.493 e. The number of ether oxygens (including phenoxy) is 2. The summed E-state index contributed by atoms with van der Waals surface area (Å²) in [5.41, 5.74) is 1.20. The SMILES string of the molecule is COc1cc2c(cc1OC)[C@H](C(=O)NC1CCCCC1)[C@@H](c1ccccc1F)N(C)C2=O. The second-order valence-electron chi connectivity index (χ2n) is 8.50. The van der Waals surface area contributed by atoms with Gasteiger partial charge in [0.25, 0.3) is 5.91 Å². The van der Waals surface area contributed by atoms with E-state index in [1.54, 1.807) is 37.4 Å². The van der Waals surface area contributed by atoms with Crippen LogP contribution in [0.2, 0.25) is 0 Å². The molecule has 7 heteroatoms. The Morgan fingerprint density at radius 1 is 1.03 bits per heavy atom. The highest BCUT2D eigenvalue weighted by Gasteiger charge is 2.44. The first-order valence-electron chi connectivity index (χ1n) is 11.0. The van der Waals surface area contributed by atoms with Gasteiger partial charge in [0.05, 0.1) is 26.2 Å². The second-order valence-corrected chi connectivity index (χ2v) is 8.50. The fraction of sp³-hybridized carbons (Fsp3) is 0.440. The molecular weight excluding hydrogens is 411 g/mol. The van der Waals surface area contributed by atoms with Crippen LogP contribution in [0, 0.1) is 5.82 Å². The molecule has 2 amide bonds. The quantitative estimate of drug-likeness (QED) is 0.757. The van der Waals surface area contributed by atoms with Crippen LogP contribution in [-0.2, 0) is 4.79 Å². The van der Waals surface area contributed by atoms with Crippen molar-refractivity contribution in [1.29, 1.82) is 0 Å². The van der Waals surface area contributed by atoms with E-state index in [0.717, 1.165) is 25.7 Å². The van der Waals surface area contributed by atoms with Crippen LogP contribution in [0.25, 0.3) is 0 Å². The van der Waals surface area contributed by atoms with Crippen molar-refractivity contribution in [1.82, 2.24) is 10.2 Å². The standard InChI is InChI=1S/C25H29FN2O4/c1-28-23(16-11-7-8-12-19(16)26)22(24(29)27-15-9-5-4-6-10-15)17-13-20(31-2)21(32-3)14-18(17)25(28)30/h7-8,11-15,22-23H,4-6,9-10H2,1-3H3,(H,27,29)/t22-,23+/m0/s1. The molecule has 2 aromatic rings. The molecule has 2 aliphatic rings. The topological polar surface area (TPSA) is 67.9 Å². The number of hydrogen-bond acceptors (Lipinski definition) is 4. The summed E-state index contributed by atoms with van der Waals surface area (Å²) < 4.78 is 25.7. The molecule has 1 saturated carbocycles. The van der Waals surface area contributed by atoms with Crippen LogP contribution in [0.4, 0.5) is 4.39 Å². The maximum Gasteiger partial charge on any atom is 0.254 e.